The minimum atomic E-state index is -0.335. The van der Waals surface area contributed by atoms with Crippen LogP contribution in [0.1, 0.15) is 10.5 Å². The number of para-hydroxylation sites is 1. The van der Waals surface area contributed by atoms with Crippen molar-refractivity contribution in [2.24, 2.45) is 0 Å². The molecular formula is C18H13FN2O. The zero-order valence-electron chi connectivity index (χ0n) is 11.7. The second-order valence-corrected chi connectivity index (χ2v) is 4.74. The van der Waals surface area contributed by atoms with E-state index in [1.807, 2.05) is 18.2 Å². The number of nitrogens with zero attached hydrogens (tertiary/aromatic N) is 1. The van der Waals surface area contributed by atoms with E-state index in [9.17, 15) is 9.18 Å². The highest BCUT2D eigenvalue weighted by molar-refractivity contribution is 6.03. The van der Waals surface area contributed by atoms with Gasteiger partial charge in [0.2, 0.25) is 0 Å². The number of nitrogens with one attached hydrogen (secondary N) is 1. The average Bonchev–Trinajstić information content (AvgIpc) is 2.56. The van der Waals surface area contributed by atoms with Crippen LogP contribution in [-0.2, 0) is 0 Å². The normalized spacial score (nSPS) is 10.2. The van der Waals surface area contributed by atoms with Crippen molar-refractivity contribution in [3.63, 3.8) is 0 Å². The van der Waals surface area contributed by atoms with Crippen LogP contribution in [-0.4, -0.2) is 10.9 Å². The topological polar surface area (TPSA) is 42.0 Å². The number of rotatable bonds is 3. The van der Waals surface area contributed by atoms with Crippen LogP contribution in [0.25, 0.3) is 11.3 Å². The fourth-order valence-electron chi connectivity index (χ4n) is 2.09. The van der Waals surface area contributed by atoms with Crippen molar-refractivity contribution in [3.05, 3.63) is 84.3 Å². The van der Waals surface area contributed by atoms with Gasteiger partial charge < -0.3 is 5.32 Å². The van der Waals surface area contributed by atoms with Crippen LogP contribution in [0.15, 0.2) is 72.8 Å². The molecule has 0 aliphatic rings. The molecule has 4 heteroatoms. The van der Waals surface area contributed by atoms with E-state index in [1.54, 1.807) is 42.5 Å². The van der Waals surface area contributed by atoms with Gasteiger partial charge in [0.05, 0.1) is 5.69 Å². The third kappa shape index (κ3) is 3.17. The zero-order chi connectivity index (χ0) is 15.4. The standard InChI is InChI=1S/C18H13FN2O/c19-14-7-4-6-13(12-14)16-10-5-11-17(21-16)18(22)20-15-8-2-1-3-9-15/h1-12H,(H,20,22). The molecule has 0 aliphatic heterocycles. The Labute approximate surface area is 127 Å². The summed E-state index contributed by atoms with van der Waals surface area (Å²) in [6.07, 6.45) is 0. The smallest absolute Gasteiger partial charge is 0.274 e. The zero-order valence-corrected chi connectivity index (χ0v) is 11.7. The van der Waals surface area contributed by atoms with Crippen molar-refractivity contribution < 1.29 is 9.18 Å². The molecule has 2 aromatic carbocycles. The molecule has 0 saturated carbocycles. The van der Waals surface area contributed by atoms with E-state index in [1.165, 1.54) is 12.1 Å². The summed E-state index contributed by atoms with van der Waals surface area (Å²) in [7, 11) is 0. The average molecular weight is 292 g/mol. The van der Waals surface area contributed by atoms with Crippen molar-refractivity contribution in [1.29, 1.82) is 0 Å². The Morgan fingerprint density at radius 3 is 2.45 bits per heavy atom. The summed E-state index contributed by atoms with van der Waals surface area (Å²) in [5.74, 6) is -0.636. The van der Waals surface area contributed by atoms with Crippen LogP contribution in [0.3, 0.4) is 0 Å². The van der Waals surface area contributed by atoms with Crippen molar-refractivity contribution >= 4 is 11.6 Å². The number of pyridine rings is 1. The highest BCUT2D eigenvalue weighted by atomic mass is 19.1. The van der Waals surface area contributed by atoms with E-state index in [0.29, 0.717) is 16.9 Å². The van der Waals surface area contributed by atoms with Gasteiger partial charge in [-0.1, -0.05) is 36.4 Å². The molecule has 1 N–H and O–H groups in total. The molecule has 0 atom stereocenters. The summed E-state index contributed by atoms with van der Waals surface area (Å²) < 4.78 is 13.3. The lowest BCUT2D eigenvalue weighted by Crippen LogP contribution is -2.13. The number of hydrogen-bond donors (Lipinski definition) is 1. The Kier molecular flexibility index (Phi) is 3.92. The molecule has 3 aromatic rings. The maximum absolute atomic E-state index is 13.3. The van der Waals surface area contributed by atoms with Gasteiger partial charge in [-0.3, -0.25) is 4.79 Å². The highest BCUT2D eigenvalue weighted by Crippen LogP contribution is 2.18. The predicted octanol–water partition coefficient (Wildman–Crippen LogP) is 4.14. The Bertz CT molecular complexity index is 803. The van der Waals surface area contributed by atoms with Crippen molar-refractivity contribution in [2.75, 3.05) is 5.32 Å². The first kappa shape index (κ1) is 13.9. The molecule has 0 radical (unpaired) electrons. The van der Waals surface area contributed by atoms with Gasteiger partial charge in [-0.25, -0.2) is 9.37 Å². The van der Waals surface area contributed by atoms with Gasteiger partial charge >= 0.3 is 0 Å². The largest absolute Gasteiger partial charge is 0.321 e. The van der Waals surface area contributed by atoms with Gasteiger partial charge in [0.25, 0.3) is 5.91 Å². The van der Waals surface area contributed by atoms with Crippen LogP contribution in [0.4, 0.5) is 10.1 Å². The number of aromatic nitrogens is 1. The van der Waals surface area contributed by atoms with Gasteiger partial charge in [-0.15, -0.1) is 0 Å². The Morgan fingerprint density at radius 2 is 1.68 bits per heavy atom. The molecule has 0 saturated heterocycles. The number of carbonyl (C=O) groups excluding carboxylic acids is 1. The Balaban J connectivity index is 1.86. The molecule has 0 spiro atoms. The Morgan fingerprint density at radius 1 is 0.909 bits per heavy atom. The van der Waals surface area contributed by atoms with E-state index >= 15 is 0 Å². The summed E-state index contributed by atoms with van der Waals surface area (Å²) in [4.78, 5) is 16.5. The maximum Gasteiger partial charge on any atom is 0.274 e. The minimum Gasteiger partial charge on any atom is -0.321 e. The molecule has 1 aromatic heterocycles. The molecule has 0 bridgehead atoms. The lowest BCUT2D eigenvalue weighted by Gasteiger charge is -2.06. The minimum absolute atomic E-state index is 0.283. The molecule has 1 amide bonds. The summed E-state index contributed by atoms with van der Waals surface area (Å²) in [5, 5.41) is 2.77. The summed E-state index contributed by atoms with van der Waals surface area (Å²) in [6, 6.07) is 20.4. The molecule has 0 fully saturated rings. The number of amides is 1. The molecule has 1 heterocycles. The Hall–Kier alpha value is -3.01. The number of anilines is 1. The van der Waals surface area contributed by atoms with E-state index in [0.717, 1.165) is 0 Å². The van der Waals surface area contributed by atoms with Crippen LogP contribution < -0.4 is 5.32 Å². The first-order valence-electron chi connectivity index (χ1n) is 6.82. The van der Waals surface area contributed by atoms with Gasteiger partial charge in [0, 0.05) is 11.3 Å². The van der Waals surface area contributed by atoms with E-state index in [-0.39, 0.29) is 17.4 Å². The fraction of sp³-hybridized carbons (Fsp3) is 0. The monoisotopic (exact) mass is 292 g/mol. The van der Waals surface area contributed by atoms with Crippen LogP contribution in [0.5, 0.6) is 0 Å². The van der Waals surface area contributed by atoms with Gasteiger partial charge in [0.15, 0.2) is 0 Å². The molecule has 3 nitrogen and oxygen atoms in total. The van der Waals surface area contributed by atoms with Gasteiger partial charge in [-0.2, -0.15) is 0 Å². The maximum atomic E-state index is 13.3. The molecule has 0 aliphatic carbocycles. The first-order valence-corrected chi connectivity index (χ1v) is 6.82. The van der Waals surface area contributed by atoms with Crippen molar-refractivity contribution in [1.82, 2.24) is 4.98 Å². The first-order chi connectivity index (χ1) is 10.7. The van der Waals surface area contributed by atoms with Gasteiger partial charge in [0.1, 0.15) is 11.5 Å². The molecule has 108 valence electrons. The van der Waals surface area contributed by atoms with Gasteiger partial charge in [-0.05, 0) is 36.4 Å². The van der Waals surface area contributed by atoms with Crippen molar-refractivity contribution in [3.8, 4) is 11.3 Å². The number of hydrogen-bond acceptors (Lipinski definition) is 2. The third-order valence-electron chi connectivity index (χ3n) is 3.13. The number of carbonyl (C=O) groups is 1. The van der Waals surface area contributed by atoms with Crippen LogP contribution in [0, 0.1) is 5.82 Å². The van der Waals surface area contributed by atoms with Crippen LogP contribution in [0.2, 0.25) is 0 Å². The second-order valence-electron chi connectivity index (χ2n) is 4.74. The second kappa shape index (κ2) is 6.18. The molecule has 0 unspecified atom stereocenters. The highest BCUT2D eigenvalue weighted by Gasteiger charge is 2.09. The van der Waals surface area contributed by atoms with E-state index < -0.39 is 0 Å². The SMILES string of the molecule is O=C(Nc1ccccc1)c1cccc(-c2cccc(F)c2)n1. The molecular weight excluding hydrogens is 279 g/mol. The van der Waals surface area contributed by atoms with E-state index in [2.05, 4.69) is 10.3 Å². The number of halogens is 1. The summed E-state index contributed by atoms with van der Waals surface area (Å²) in [5.41, 5.74) is 2.17. The molecule has 3 rings (SSSR count). The third-order valence-corrected chi connectivity index (χ3v) is 3.13. The van der Waals surface area contributed by atoms with Crippen LogP contribution >= 0.6 is 0 Å². The fourth-order valence-corrected chi connectivity index (χ4v) is 2.09. The predicted molar refractivity (Wildman–Crippen MR) is 84.0 cm³/mol. The summed E-state index contributed by atoms with van der Waals surface area (Å²) >= 11 is 0. The lowest BCUT2D eigenvalue weighted by molar-refractivity contribution is 0.102. The lowest BCUT2D eigenvalue weighted by atomic mass is 10.1. The van der Waals surface area contributed by atoms with E-state index in [4.69, 9.17) is 0 Å². The number of benzene rings is 2. The summed E-state index contributed by atoms with van der Waals surface area (Å²) in [6.45, 7) is 0. The van der Waals surface area contributed by atoms with Crippen molar-refractivity contribution in [2.45, 2.75) is 0 Å². The molecule has 22 heavy (non-hydrogen) atoms. The quantitative estimate of drug-likeness (QED) is 0.788.